The van der Waals surface area contributed by atoms with Gasteiger partial charge in [-0.3, -0.25) is 0 Å². The van der Waals surface area contributed by atoms with Crippen LogP contribution in [0.1, 0.15) is 31.2 Å². The second-order valence-corrected chi connectivity index (χ2v) is 5.33. The van der Waals surface area contributed by atoms with E-state index in [1.165, 1.54) is 0 Å². The van der Waals surface area contributed by atoms with Gasteiger partial charge >= 0.3 is 0 Å². The van der Waals surface area contributed by atoms with Gasteiger partial charge in [0.15, 0.2) is 0 Å². The summed E-state index contributed by atoms with van der Waals surface area (Å²) >= 11 is 0. The van der Waals surface area contributed by atoms with Crippen LogP contribution in [0, 0.1) is 5.92 Å². The number of aliphatic hydroxyl groups excluding tert-OH is 2. The Labute approximate surface area is 114 Å². The topological polar surface area (TPSA) is 75.7 Å². The van der Waals surface area contributed by atoms with E-state index >= 15 is 0 Å². The maximum Gasteiger partial charge on any atom is 0.119 e. The Morgan fingerprint density at radius 1 is 1.37 bits per heavy atom. The van der Waals surface area contributed by atoms with E-state index in [9.17, 15) is 10.2 Å². The lowest BCUT2D eigenvalue weighted by atomic mass is 9.70. The Kier molecular flexibility index (Phi) is 4.45. The molecule has 5 unspecified atom stereocenters. The van der Waals surface area contributed by atoms with Crippen molar-refractivity contribution in [3.05, 3.63) is 29.8 Å². The van der Waals surface area contributed by atoms with Gasteiger partial charge in [-0.05, 0) is 30.5 Å². The van der Waals surface area contributed by atoms with Crippen molar-refractivity contribution in [3.63, 3.8) is 0 Å². The number of methoxy groups -OCH3 is 1. The fourth-order valence-electron chi connectivity index (χ4n) is 3.11. The van der Waals surface area contributed by atoms with Gasteiger partial charge in [0.05, 0.1) is 19.3 Å². The molecule has 1 aliphatic rings. The monoisotopic (exact) mass is 265 g/mol. The molecule has 1 aromatic carbocycles. The zero-order chi connectivity index (χ0) is 14.0. The van der Waals surface area contributed by atoms with Crippen LogP contribution in [0.25, 0.3) is 0 Å². The lowest BCUT2D eigenvalue weighted by molar-refractivity contribution is -0.0598. The summed E-state index contributed by atoms with van der Waals surface area (Å²) in [6.07, 6.45) is -0.172. The van der Waals surface area contributed by atoms with Crippen LogP contribution in [-0.2, 0) is 0 Å². The molecule has 4 heteroatoms. The Bertz CT molecular complexity index is 424. The summed E-state index contributed by atoms with van der Waals surface area (Å²) in [5.74, 6) is 0.775. The molecule has 106 valence electrons. The van der Waals surface area contributed by atoms with Crippen molar-refractivity contribution >= 4 is 0 Å². The van der Waals surface area contributed by atoms with E-state index in [1.807, 2.05) is 31.2 Å². The number of benzene rings is 1. The normalized spacial score (nSPS) is 35.1. The first-order valence-corrected chi connectivity index (χ1v) is 6.84. The Morgan fingerprint density at radius 3 is 2.74 bits per heavy atom. The number of ether oxygens (including phenoxy) is 1. The summed E-state index contributed by atoms with van der Waals surface area (Å²) in [5.41, 5.74) is 7.36. The van der Waals surface area contributed by atoms with Gasteiger partial charge in [0.2, 0.25) is 0 Å². The largest absolute Gasteiger partial charge is 0.497 e. The number of rotatable bonds is 3. The molecule has 0 spiro atoms. The van der Waals surface area contributed by atoms with Crippen molar-refractivity contribution in [1.29, 1.82) is 0 Å². The maximum absolute atomic E-state index is 10.0. The fraction of sp³-hybridized carbons (Fsp3) is 0.600. The predicted octanol–water partition coefficient (Wildman–Crippen LogP) is 1.26. The smallest absolute Gasteiger partial charge is 0.119 e. The maximum atomic E-state index is 10.0. The molecule has 0 amide bonds. The van der Waals surface area contributed by atoms with Crippen molar-refractivity contribution < 1.29 is 14.9 Å². The van der Waals surface area contributed by atoms with Gasteiger partial charge in [0, 0.05) is 17.9 Å². The average Bonchev–Trinajstić information content (AvgIpc) is 2.43. The van der Waals surface area contributed by atoms with Gasteiger partial charge in [0.1, 0.15) is 5.75 Å². The molecule has 0 aliphatic heterocycles. The minimum absolute atomic E-state index is 0.0541. The van der Waals surface area contributed by atoms with Crippen LogP contribution in [0.4, 0.5) is 0 Å². The lowest BCUT2D eigenvalue weighted by Crippen LogP contribution is -2.52. The van der Waals surface area contributed by atoms with Gasteiger partial charge in [-0.1, -0.05) is 19.1 Å². The molecule has 1 saturated carbocycles. The second-order valence-electron chi connectivity index (χ2n) is 5.33. The molecule has 5 atom stereocenters. The molecular weight excluding hydrogens is 242 g/mol. The fourth-order valence-corrected chi connectivity index (χ4v) is 3.11. The molecule has 0 radical (unpaired) electrons. The predicted molar refractivity (Wildman–Crippen MR) is 74.1 cm³/mol. The highest BCUT2D eigenvalue weighted by molar-refractivity contribution is 5.32. The SMILES string of the molecule is CCC1C(N)C(c2cccc(OC)c2)CC(O)C1O. The van der Waals surface area contributed by atoms with Gasteiger partial charge in [-0.25, -0.2) is 0 Å². The summed E-state index contributed by atoms with van der Waals surface area (Å²) < 4.78 is 5.23. The zero-order valence-electron chi connectivity index (χ0n) is 11.5. The van der Waals surface area contributed by atoms with Crippen molar-refractivity contribution in [2.75, 3.05) is 7.11 Å². The number of hydrogen-bond acceptors (Lipinski definition) is 4. The molecule has 0 saturated heterocycles. The Balaban J connectivity index is 2.27. The van der Waals surface area contributed by atoms with Crippen molar-refractivity contribution in [1.82, 2.24) is 0 Å². The van der Waals surface area contributed by atoms with Gasteiger partial charge in [0.25, 0.3) is 0 Å². The number of nitrogens with two attached hydrogens (primary N) is 1. The van der Waals surface area contributed by atoms with E-state index in [0.29, 0.717) is 6.42 Å². The third kappa shape index (κ3) is 2.76. The van der Waals surface area contributed by atoms with E-state index < -0.39 is 12.2 Å². The number of hydrogen-bond donors (Lipinski definition) is 3. The summed E-state index contributed by atoms with van der Waals surface area (Å²) in [6, 6.07) is 7.64. The number of aliphatic hydroxyl groups is 2. The van der Waals surface area contributed by atoms with Gasteiger partial charge < -0.3 is 20.7 Å². The quantitative estimate of drug-likeness (QED) is 0.769. The summed E-state index contributed by atoms with van der Waals surface area (Å²) in [7, 11) is 1.63. The second kappa shape index (κ2) is 5.90. The van der Waals surface area contributed by atoms with Crippen LogP contribution >= 0.6 is 0 Å². The van der Waals surface area contributed by atoms with E-state index in [1.54, 1.807) is 7.11 Å². The third-order valence-corrected chi connectivity index (χ3v) is 4.28. The lowest BCUT2D eigenvalue weighted by Gasteiger charge is -2.42. The summed E-state index contributed by atoms with van der Waals surface area (Å²) in [6.45, 7) is 1.99. The molecule has 19 heavy (non-hydrogen) atoms. The Morgan fingerprint density at radius 2 is 2.11 bits per heavy atom. The molecule has 0 heterocycles. The zero-order valence-corrected chi connectivity index (χ0v) is 11.5. The van der Waals surface area contributed by atoms with E-state index in [2.05, 4.69) is 0 Å². The molecule has 4 N–H and O–H groups in total. The third-order valence-electron chi connectivity index (χ3n) is 4.28. The molecule has 2 rings (SSSR count). The molecule has 4 nitrogen and oxygen atoms in total. The van der Waals surface area contributed by atoms with Crippen LogP contribution in [-0.4, -0.2) is 35.6 Å². The highest BCUT2D eigenvalue weighted by atomic mass is 16.5. The first-order chi connectivity index (χ1) is 9.08. The summed E-state index contributed by atoms with van der Waals surface area (Å²) in [5, 5.41) is 20.0. The van der Waals surface area contributed by atoms with Crippen molar-refractivity contribution in [3.8, 4) is 5.75 Å². The molecule has 0 aromatic heterocycles. The van der Waals surface area contributed by atoms with E-state index in [-0.39, 0.29) is 17.9 Å². The van der Waals surface area contributed by atoms with Gasteiger partial charge in [-0.2, -0.15) is 0 Å². The minimum Gasteiger partial charge on any atom is -0.497 e. The molecular formula is C15H23NO3. The first kappa shape index (κ1) is 14.3. The minimum atomic E-state index is -0.721. The molecule has 1 aliphatic carbocycles. The highest BCUT2D eigenvalue weighted by Gasteiger charge is 2.41. The van der Waals surface area contributed by atoms with Crippen LogP contribution in [0.5, 0.6) is 5.75 Å². The summed E-state index contributed by atoms with van der Waals surface area (Å²) in [4.78, 5) is 0. The van der Waals surface area contributed by atoms with E-state index in [4.69, 9.17) is 10.5 Å². The van der Waals surface area contributed by atoms with Crippen LogP contribution in [0.3, 0.4) is 0 Å². The molecule has 1 fully saturated rings. The van der Waals surface area contributed by atoms with Crippen molar-refractivity contribution in [2.45, 2.75) is 43.9 Å². The van der Waals surface area contributed by atoms with Gasteiger partial charge in [-0.15, -0.1) is 0 Å². The Hall–Kier alpha value is -1.10. The standard InChI is InChI=1S/C15H23NO3/c1-3-11-14(16)12(8-13(17)15(11)18)9-5-4-6-10(7-9)19-2/h4-7,11-15,17-18H,3,8,16H2,1-2H3. The molecule has 1 aromatic rings. The highest BCUT2D eigenvalue weighted by Crippen LogP contribution is 2.38. The molecule has 0 bridgehead atoms. The van der Waals surface area contributed by atoms with E-state index in [0.717, 1.165) is 17.7 Å². The van der Waals surface area contributed by atoms with Crippen LogP contribution in [0.15, 0.2) is 24.3 Å². The van der Waals surface area contributed by atoms with Crippen molar-refractivity contribution in [2.24, 2.45) is 11.7 Å². The van der Waals surface area contributed by atoms with Crippen LogP contribution < -0.4 is 10.5 Å². The average molecular weight is 265 g/mol. The van der Waals surface area contributed by atoms with Crippen LogP contribution in [0.2, 0.25) is 0 Å². The first-order valence-electron chi connectivity index (χ1n) is 6.84.